The molecule has 27 heavy (non-hydrogen) atoms. The molecule has 4 heteroatoms. The van der Waals surface area contributed by atoms with Crippen molar-refractivity contribution in [3.05, 3.63) is 87.8 Å². The zero-order valence-electron chi connectivity index (χ0n) is 15.1. The van der Waals surface area contributed by atoms with Crippen molar-refractivity contribution in [2.45, 2.75) is 13.3 Å². The van der Waals surface area contributed by atoms with Gasteiger partial charge in [0.1, 0.15) is 11.3 Å². The van der Waals surface area contributed by atoms with Crippen molar-refractivity contribution in [3.63, 3.8) is 0 Å². The van der Waals surface area contributed by atoms with Crippen LogP contribution in [0.25, 0.3) is 21.7 Å². The SMILES string of the molecule is COc1ccc(C)cc1C(=O)Cc1cc2c(ccc3ccccc32)oc1=O. The summed E-state index contributed by atoms with van der Waals surface area (Å²) >= 11 is 0. The Morgan fingerprint density at radius 2 is 1.81 bits per heavy atom. The van der Waals surface area contributed by atoms with Gasteiger partial charge in [0.25, 0.3) is 0 Å². The first-order valence-electron chi connectivity index (χ1n) is 8.69. The van der Waals surface area contributed by atoms with Crippen LogP contribution in [0.3, 0.4) is 0 Å². The smallest absolute Gasteiger partial charge is 0.339 e. The van der Waals surface area contributed by atoms with Crippen molar-refractivity contribution in [1.29, 1.82) is 0 Å². The number of fused-ring (bicyclic) bond motifs is 3. The molecule has 4 aromatic rings. The van der Waals surface area contributed by atoms with Gasteiger partial charge in [0.2, 0.25) is 0 Å². The Balaban J connectivity index is 1.81. The van der Waals surface area contributed by atoms with Gasteiger partial charge in [-0.25, -0.2) is 4.79 Å². The number of aryl methyl sites for hydroxylation is 1. The third-order valence-electron chi connectivity index (χ3n) is 4.72. The zero-order valence-corrected chi connectivity index (χ0v) is 15.1. The Hall–Kier alpha value is -3.40. The summed E-state index contributed by atoms with van der Waals surface area (Å²) in [4.78, 5) is 25.2. The summed E-state index contributed by atoms with van der Waals surface area (Å²) < 4.78 is 10.8. The number of methoxy groups -OCH3 is 1. The predicted molar refractivity (Wildman–Crippen MR) is 106 cm³/mol. The maximum atomic E-state index is 12.8. The number of ketones is 1. The second-order valence-corrected chi connectivity index (χ2v) is 6.56. The van der Waals surface area contributed by atoms with E-state index >= 15 is 0 Å². The molecule has 0 radical (unpaired) electrons. The van der Waals surface area contributed by atoms with E-state index in [9.17, 15) is 9.59 Å². The summed E-state index contributed by atoms with van der Waals surface area (Å²) in [7, 11) is 1.53. The van der Waals surface area contributed by atoms with Crippen LogP contribution in [-0.2, 0) is 6.42 Å². The molecule has 0 N–H and O–H groups in total. The Labute approximate surface area is 156 Å². The van der Waals surface area contributed by atoms with Gasteiger partial charge < -0.3 is 9.15 Å². The molecule has 1 aromatic heterocycles. The summed E-state index contributed by atoms with van der Waals surface area (Å²) in [5, 5.41) is 2.86. The lowest BCUT2D eigenvalue weighted by Gasteiger charge is -2.09. The molecule has 0 spiro atoms. The summed E-state index contributed by atoms with van der Waals surface area (Å²) in [6, 6.07) is 18.8. The van der Waals surface area contributed by atoms with Crippen LogP contribution in [0.1, 0.15) is 21.5 Å². The van der Waals surface area contributed by atoms with Crippen molar-refractivity contribution in [1.82, 2.24) is 0 Å². The van der Waals surface area contributed by atoms with Crippen LogP contribution in [0.4, 0.5) is 0 Å². The maximum absolute atomic E-state index is 12.8. The van der Waals surface area contributed by atoms with Crippen LogP contribution in [0, 0.1) is 6.92 Å². The summed E-state index contributed by atoms with van der Waals surface area (Å²) in [5.74, 6) is 0.323. The molecule has 0 fully saturated rings. The Morgan fingerprint density at radius 3 is 2.63 bits per heavy atom. The maximum Gasteiger partial charge on any atom is 0.339 e. The Bertz CT molecular complexity index is 1230. The van der Waals surface area contributed by atoms with E-state index in [1.165, 1.54) is 7.11 Å². The van der Waals surface area contributed by atoms with Gasteiger partial charge in [0.05, 0.1) is 12.7 Å². The summed E-state index contributed by atoms with van der Waals surface area (Å²) in [6.45, 7) is 1.91. The topological polar surface area (TPSA) is 56.5 Å². The molecule has 134 valence electrons. The lowest BCUT2D eigenvalue weighted by atomic mass is 9.99. The molecule has 0 aliphatic rings. The van der Waals surface area contributed by atoms with Gasteiger partial charge in [-0.1, -0.05) is 42.0 Å². The molecule has 0 saturated heterocycles. The van der Waals surface area contributed by atoms with E-state index in [1.54, 1.807) is 24.3 Å². The van der Waals surface area contributed by atoms with Crippen LogP contribution < -0.4 is 10.4 Å². The van der Waals surface area contributed by atoms with Gasteiger partial charge in [-0.3, -0.25) is 4.79 Å². The highest BCUT2D eigenvalue weighted by Gasteiger charge is 2.17. The molecule has 0 aliphatic carbocycles. The number of hydrogen-bond acceptors (Lipinski definition) is 4. The molecular weight excluding hydrogens is 340 g/mol. The third kappa shape index (κ3) is 3.10. The first kappa shape index (κ1) is 17.0. The highest BCUT2D eigenvalue weighted by Crippen LogP contribution is 2.26. The van der Waals surface area contributed by atoms with E-state index in [0.29, 0.717) is 22.5 Å². The van der Waals surface area contributed by atoms with E-state index in [0.717, 1.165) is 21.7 Å². The van der Waals surface area contributed by atoms with Gasteiger partial charge in [0, 0.05) is 17.4 Å². The molecule has 0 aliphatic heterocycles. The van der Waals surface area contributed by atoms with E-state index in [-0.39, 0.29) is 12.2 Å². The van der Waals surface area contributed by atoms with Crippen LogP contribution in [0.2, 0.25) is 0 Å². The Kier molecular flexibility index (Phi) is 4.24. The minimum absolute atomic E-state index is 0.0404. The average molecular weight is 358 g/mol. The van der Waals surface area contributed by atoms with E-state index in [2.05, 4.69) is 0 Å². The highest BCUT2D eigenvalue weighted by atomic mass is 16.5. The number of benzene rings is 3. The fourth-order valence-corrected chi connectivity index (χ4v) is 3.34. The first-order valence-corrected chi connectivity index (χ1v) is 8.69. The van der Waals surface area contributed by atoms with E-state index in [1.807, 2.05) is 43.3 Å². The highest BCUT2D eigenvalue weighted by molar-refractivity contribution is 6.06. The fourth-order valence-electron chi connectivity index (χ4n) is 3.34. The van der Waals surface area contributed by atoms with Gasteiger partial charge in [-0.15, -0.1) is 0 Å². The summed E-state index contributed by atoms with van der Waals surface area (Å²) in [6.07, 6.45) is -0.0404. The zero-order chi connectivity index (χ0) is 19.0. The minimum atomic E-state index is -0.488. The van der Waals surface area contributed by atoms with Crippen molar-refractivity contribution in [2.75, 3.05) is 7.11 Å². The molecular formula is C23H18O4. The largest absolute Gasteiger partial charge is 0.496 e. The second-order valence-electron chi connectivity index (χ2n) is 6.56. The molecule has 4 nitrogen and oxygen atoms in total. The predicted octanol–water partition coefficient (Wildman–Crippen LogP) is 4.69. The third-order valence-corrected chi connectivity index (χ3v) is 4.72. The quantitative estimate of drug-likeness (QED) is 0.302. The number of carbonyl (C=O) groups excluding carboxylic acids is 1. The van der Waals surface area contributed by atoms with E-state index < -0.39 is 5.63 Å². The molecule has 1 heterocycles. The van der Waals surface area contributed by atoms with Gasteiger partial charge in [-0.05, 0) is 42.0 Å². The van der Waals surface area contributed by atoms with Crippen LogP contribution >= 0.6 is 0 Å². The Morgan fingerprint density at radius 1 is 1.00 bits per heavy atom. The van der Waals surface area contributed by atoms with E-state index in [4.69, 9.17) is 9.15 Å². The van der Waals surface area contributed by atoms with Crippen LogP contribution in [0.5, 0.6) is 5.75 Å². The van der Waals surface area contributed by atoms with Crippen molar-refractivity contribution < 1.29 is 13.9 Å². The van der Waals surface area contributed by atoms with Crippen LogP contribution in [-0.4, -0.2) is 12.9 Å². The number of Topliss-reactive ketones (excluding diaryl/α,β-unsaturated/α-hetero) is 1. The lowest BCUT2D eigenvalue weighted by Crippen LogP contribution is -2.14. The number of ether oxygens (including phenoxy) is 1. The standard InChI is InChI=1S/C23H18O4/c1-14-7-9-21(26-2)19(11-14)20(24)13-16-12-18-17-6-4-3-5-15(17)8-10-22(18)27-23(16)25/h3-12H,13H2,1-2H3. The second kappa shape index (κ2) is 6.72. The average Bonchev–Trinajstić information content (AvgIpc) is 2.68. The van der Waals surface area contributed by atoms with Gasteiger partial charge >= 0.3 is 5.63 Å². The molecule has 0 unspecified atom stereocenters. The molecule has 0 amide bonds. The minimum Gasteiger partial charge on any atom is -0.496 e. The monoisotopic (exact) mass is 358 g/mol. The van der Waals surface area contributed by atoms with Crippen molar-refractivity contribution in [3.8, 4) is 5.75 Å². The van der Waals surface area contributed by atoms with Gasteiger partial charge in [0.15, 0.2) is 5.78 Å². The first-order chi connectivity index (χ1) is 13.1. The molecule has 0 bridgehead atoms. The van der Waals surface area contributed by atoms with Crippen molar-refractivity contribution in [2.24, 2.45) is 0 Å². The number of rotatable bonds is 4. The van der Waals surface area contributed by atoms with Gasteiger partial charge in [-0.2, -0.15) is 0 Å². The number of carbonyl (C=O) groups is 1. The molecule has 0 atom stereocenters. The lowest BCUT2D eigenvalue weighted by molar-refractivity contribution is 0.0989. The normalized spacial score (nSPS) is 11.0. The van der Waals surface area contributed by atoms with Crippen molar-refractivity contribution >= 4 is 27.5 Å². The van der Waals surface area contributed by atoms with Crippen LogP contribution in [0.15, 0.2) is 69.9 Å². The molecule has 3 aromatic carbocycles. The number of hydrogen-bond donors (Lipinski definition) is 0. The fraction of sp³-hybridized carbons (Fsp3) is 0.130. The molecule has 4 rings (SSSR count). The molecule has 0 saturated carbocycles. The summed E-state index contributed by atoms with van der Waals surface area (Å²) in [5.41, 5.74) is 1.79.